The van der Waals surface area contributed by atoms with Gasteiger partial charge in [0.25, 0.3) is 0 Å². The lowest BCUT2D eigenvalue weighted by Crippen LogP contribution is -2.36. The van der Waals surface area contributed by atoms with Crippen LogP contribution in [0.2, 0.25) is 5.02 Å². The summed E-state index contributed by atoms with van der Waals surface area (Å²) in [5.41, 5.74) is 2.17. The van der Waals surface area contributed by atoms with Crippen LogP contribution in [0, 0.1) is 17.7 Å². The van der Waals surface area contributed by atoms with E-state index in [4.69, 9.17) is 16.3 Å². The molecule has 1 aliphatic carbocycles. The number of nitrogens with one attached hydrogen (secondary N) is 2. The molecule has 0 spiro atoms. The molecule has 2 amide bonds. The first-order valence-electron chi connectivity index (χ1n) is 11.6. The van der Waals surface area contributed by atoms with E-state index in [1.807, 2.05) is 25.9 Å². The summed E-state index contributed by atoms with van der Waals surface area (Å²) in [4.78, 5) is 22.7. The Morgan fingerprint density at radius 1 is 1.22 bits per heavy atom. The Morgan fingerprint density at radius 3 is 2.75 bits per heavy atom. The Kier molecular flexibility index (Phi) is 8.01. The summed E-state index contributed by atoms with van der Waals surface area (Å²) in [6, 6.07) is 6.72. The second-order valence-corrected chi connectivity index (χ2v) is 9.62. The fraction of sp³-hybridized carbons (Fsp3) is 0.346. The van der Waals surface area contributed by atoms with Crippen molar-refractivity contribution in [1.29, 1.82) is 0 Å². The number of carbonyl (C=O) groups excluding carboxylic acids is 1. The Bertz CT molecular complexity index is 1240. The number of rotatable bonds is 7. The standard InChI is InChI=1S/C26H28ClF2N5O2/c1-15-10-19-17(6-7-30-25(19)29)22(11-15)32-26(35)33-23-13-20(27)18(12-21(23)28)16-4-5-24(31-14-16)36-9-8-34(2)3/h4-7,12-15,22H,8-11H2,1-3H3,(H2,32,33,35). The van der Waals surface area contributed by atoms with E-state index in [9.17, 15) is 13.6 Å². The summed E-state index contributed by atoms with van der Waals surface area (Å²) in [5, 5.41) is 5.59. The van der Waals surface area contributed by atoms with Crippen molar-refractivity contribution in [2.45, 2.75) is 25.8 Å². The second kappa shape index (κ2) is 11.2. The largest absolute Gasteiger partial charge is 0.476 e. The zero-order valence-corrected chi connectivity index (χ0v) is 21.1. The summed E-state index contributed by atoms with van der Waals surface area (Å²) in [5.74, 6) is -0.558. The van der Waals surface area contributed by atoms with Gasteiger partial charge in [0.1, 0.15) is 12.4 Å². The maximum atomic E-state index is 14.9. The van der Waals surface area contributed by atoms with Gasteiger partial charge in [0.2, 0.25) is 11.8 Å². The fourth-order valence-corrected chi connectivity index (χ4v) is 4.52. The number of amides is 2. The molecule has 2 atom stereocenters. The van der Waals surface area contributed by atoms with Gasteiger partial charge in [-0.05, 0) is 62.7 Å². The number of halogens is 3. The SMILES string of the molecule is CC1Cc2c(ccnc2F)C(NC(=O)Nc2cc(Cl)c(-c3ccc(OCCN(C)C)nc3)cc2F)C1. The minimum Gasteiger partial charge on any atom is -0.476 e. The summed E-state index contributed by atoms with van der Waals surface area (Å²) < 4.78 is 34.7. The molecule has 0 saturated carbocycles. The monoisotopic (exact) mass is 515 g/mol. The molecule has 0 saturated heterocycles. The van der Waals surface area contributed by atoms with Crippen LogP contribution >= 0.6 is 11.6 Å². The molecule has 36 heavy (non-hydrogen) atoms. The smallest absolute Gasteiger partial charge is 0.319 e. The van der Waals surface area contributed by atoms with Gasteiger partial charge in [-0.25, -0.2) is 19.2 Å². The van der Waals surface area contributed by atoms with Crippen LogP contribution in [0.1, 0.15) is 30.5 Å². The maximum absolute atomic E-state index is 14.9. The highest BCUT2D eigenvalue weighted by Crippen LogP contribution is 2.35. The van der Waals surface area contributed by atoms with Crippen LogP contribution in [-0.4, -0.2) is 48.1 Å². The number of aromatic nitrogens is 2. The molecule has 4 rings (SSSR count). The first-order chi connectivity index (χ1) is 17.2. The van der Waals surface area contributed by atoms with Crippen LogP contribution in [0.15, 0.2) is 42.7 Å². The van der Waals surface area contributed by atoms with Gasteiger partial charge >= 0.3 is 6.03 Å². The van der Waals surface area contributed by atoms with Crippen molar-refractivity contribution < 1.29 is 18.3 Å². The second-order valence-electron chi connectivity index (χ2n) is 9.21. The first kappa shape index (κ1) is 25.8. The third kappa shape index (κ3) is 6.09. The summed E-state index contributed by atoms with van der Waals surface area (Å²) in [6.45, 7) is 3.23. The van der Waals surface area contributed by atoms with Gasteiger partial charge in [0, 0.05) is 41.7 Å². The van der Waals surface area contributed by atoms with Gasteiger partial charge in [0.05, 0.1) is 16.8 Å². The molecular weight excluding hydrogens is 488 g/mol. The van der Waals surface area contributed by atoms with Crippen molar-refractivity contribution >= 4 is 23.3 Å². The molecule has 190 valence electrons. The molecule has 1 aliphatic rings. The lowest BCUT2D eigenvalue weighted by atomic mass is 9.82. The van der Waals surface area contributed by atoms with Crippen LogP contribution in [0.4, 0.5) is 19.3 Å². The van der Waals surface area contributed by atoms with E-state index in [0.29, 0.717) is 47.6 Å². The van der Waals surface area contributed by atoms with Crippen LogP contribution in [0.25, 0.3) is 11.1 Å². The van der Waals surface area contributed by atoms with Crippen molar-refractivity contribution in [3.63, 3.8) is 0 Å². The van der Waals surface area contributed by atoms with Crippen LogP contribution in [-0.2, 0) is 6.42 Å². The Labute approximate surface area is 213 Å². The quantitative estimate of drug-likeness (QED) is 0.408. The number of anilines is 1. The molecule has 2 heterocycles. The molecule has 2 aromatic heterocycles. The van der Waals surface area contributed by atoms with Gasteiger partial charge < -0.3 is 20.3 Å². The maximum Gasteiger partial charge on any atom is 0.319 e. The highest BCUT2D eigenvalue weighted by Gasteiger charge is 2.28. The zero-order chi connectivity index (χ0) is 25.8. The lowest BCUT2D eigenvalue weighted by molar-refractivity contribution is 0.244. The zero-order valence-electron chi connectivity index (χ0n) is 20.3. The average molecular weight is 516 g/mol. The van der Waals surface area contributed by atoms with Gasteiger partial charge in [-0.15, -0.1) is 0 Å². The topological polar surface area (TPSA) is 79.4 Å². The summed E-state index contributed by atoms with van der Waals surface area (Å²) >= 11 is 6.42. The normalized spacial score (nSPS) is 17.0. The van der Waals surface area contributed by atoms with Gasteiger partial charge in [-0.1, -0.05) is 18.5 Å². The summed E-state index contributed by atoms with van der Waals surface area (Å²) in [6.07, 6.45) is 4.12. The van der Waals surface area contributed by atoms with Crippen molar-refractivity contribution in [3.8, 4) is 17.0 Å². The van der Waals surface area contributed by atoms with Crippen molar-refractivity contribution in [2.75, 3.05) is 32.6 Å². The van der Waals surface area contributed by atoms with E-state index in [2.05, 4.69) is 20.6 Å². The third-order valence-corrected chi connectivity index (χ3v) is 6.36. The number of carbonyl (C=O) groups is 1. The molecule has 2 N–H and O–H groups in total. The van der Waals surface area contributed by atoms with Crippen LogP contribution in [0.5, 0.6) is 5.88 Å². The average Bonchev–Trinajstić information content (AvgIpc) is 2.82. The number of fused-ring (bicyclic) bond motifs is 1. The highest BCUT2D eigenvalue weighted by atomic mass is 35.5. The molecule has 7 nitrogen and oxygen atoms in total. The third-order valence-electron chi connectivity index (χ3n) is 6.05. The van der Waals surface area contributed by atoms with E-state index < -0.39 is 23.8 Å². The molecular formula is C26H28ClF2N5O2. The minimum atomic E-state index is -0.650. The van der Waals surface area contributed by atoms with E-state index in [1.54, 1.807) is 24.4 Å². The number of benzene rings is 1. The molecule has 2 unspecified atom stereocenters. The fourth-order valence-electron chi connectivity index (χ4n) is 4.25. The molecule has 3 aromatic rings. The first-order valence-corrected chi connectivity index (χ1v) is 12.0. The number of hydrogen-bond acceptors (Lipinski definition) is 5. The number of nitrogens with zero attached hydrogens (tertiary/aromatic N) is 3. The highest BCUT2D eigenvalue weighted by molar-refractivity contribution is 6.33. The number of pyridine rings is 2. The summed E-state index contributed by atoms with van der Waals surface area (Å²) in [7, 11) is 3.90. The number of urea groups is 1. The van der Waals surface area contributed by atoms with Gasteiger partial charge in [-0.3, -0.25) is 0 Å². The number of hydrogen-bond donors (Lipinski definition) is 2. The Morgan fingerprint density at radius 2 is 2.03 bits per heavy atom. The van der Waals surface area contributed by atoms with Crippen molar-refractivity contribution in [2.24, 2.45) is 5.92 Å². The Balaban J connectivity index is 1.44. The lowest BCUT2D eigenvalue weighted by Gasteiger charge is -2.30. The Hall–Kier alpha value is -3.30. The van der Waals surface area contributed by atoms with Crippen molar-refractivity contribution in [3.05, 3.63) is 70.6 Å². The van der Waals surface area contributed by atoms with E-state index >= 15 is 0 Å². The molecule has 0 aliphatic heterocycles. The number of likely N-dealkylation sites (N-methyl/N-ethyl adjacent to an activating group) is 1. The predicted octanol–water partition coefficient (Wildman–Crippen LogP) is 5.46. The van der Waals surface area contributed by atoms with Gasteiger partial charge in [-0.2, -0.15) is 4.39 Å². The molecule has 1 aromatic carbocycles. The molecule has 0 bridgehead atoms. The van der Waals surface area contributed by atoms with E-state index in [1.165, 1.54) is 18.3 Å². The minimum absolute atomic E-state index is 0.0668. The van der Waals surface area contributed by atoms with Crippen LogP contribution < -0.4 is 15.4 Å². The van der Waals surface area contributed by atoms with Gasteiger partial charge in [0.15, 0.2) is 0 Å². The molecule has 0 radical (unpaired) electrons. The molecule has 10 heteroatoms. The van der Waals surface area contributed by atoms with Crippen molar-refractivity contribution in [1.82, 2.24) is 20.2 Å². The molecule has 0 fully saturated rings. The van der Waals surface area contributed by atoms with Crippen LogP contribution in [0.3, 0.4) is 0 Å². The van der Waals surface area contributed by atoms with E-state index in [-0.39, 0.29) is 16.6 Å². The predicted molar refractivity (Wildman–Crippen MR) is 135 cm³/mol. The van der Waals surface area contributed by atoms with E-state index in [0.717, 1.165) is 6.54 Å². The number of ether oxygens (including phenoxy) is 1.